The highest BCUT2D eigenvalue weighted by Crippen LogP contribution is 2.36. The van der Waals surface area contributed by atoms with E-state index in [0.717, 1.165) is 28.0 Å². The fraction of sp³-hybridized carbons (Fsp3) is 0.250. The molecule has 2 aromatic rings. The Labute approximate surface area is 131 Å². The zero-order chi connectivity index (χ0) is 14.9. The molecule has 0 aliphatic rings. The van der Waals surface area contributed by atoms with Gasteiger partial charge in [-0.05, 0) is 48.2 Å². The quantitative estimate of drug-likeness (QED) is 0.651. The van der Waals surface area contributed by atoms with Crippen LogP contribution in [0.3, 0.4) is 0 Å². The lowest BCUT2D eigenvalue weighted by Crippen LogP contribution is -1.98. The number of aryl methyl sites for hydroxylation is 2. The van der Waals surface area contributed by atoms with Gasteiger partial charge in [0.2, 0.25) is 0 Å². The molecule has 20 heavy (non-hydrogen) atoms. The zero-order valence-corrected chi connectivity index (χ0v) is 13.8. The predicted octanol–water partition coefficient (Wildman–Crippen LogP) is 5.59. The largest absolute Gasteiger partial charge is 0.496 e. The Morgan fingerprint density at radius 2 is 1.70 bits per heavy atom. The van der Waals surface area contributed by atoms with E-state index in [0.29, 0.717) is 0 Å². The Bertz CT molecular complexity index is 619. The van der Waals surface area contributed by atoms with Gasteiger partial charge in [-0.1, -0.05) is 45.7 Å². The number of hydrogen-bond donors (Lipinski definition) is 0. The van der Waals surface area contributed by atoms with E-state index < -0.39 is 5.82 Å². The molecule has 0 heterocycles. The topological polar surface area (TPSA) is 9.23 Å². The monoisotopic (exact) mass is 356 g/mol. The van der Waals surface area contributed by atoms with Gasteiger partial charge in [-0.15, -0.1) is 0 Å². The molecular formula is C16H15BrClFO. The summed E-state index contributed by atoms with van der Waals surface area (Å²) in [5, 5.41) is 0.133. The first-order chi connectivity index (χ1) is 9.43. The summed E-state index contributed by atoms with van der Waals surface area (Å²) in [5.74, 6) is 0.489. The normalized spacial score (nSPS) is 12.3. The van der Waals surface area contributed by atoms with Crippen molar-refractivity contribution in [2.24, 2.45) is 0 Å². The zero-order valence-electron chi connectivity index (χ0n) is 11.5. The average molecular weight is 358 g/mol. The third-order valence-corrected chi connectivity index (χ3v) is 4.56. The third kappa shape index (κ3) is 2.99. The van der Waals surface area contributed by atoms with Gasteiger partial charge in [-0.25, -0.2) is 4.39 Å². The second kappa shape index (κ2) is 6.15. The highest BCUT2D eigenvalue weighted by atomic mass is 79.9. The minimum Gasteiger partial charge on any atom is -0.496 e. The van der Waals surface area contributed by atoms with Gasteiger partial charge in [0, 0.05) is 0 Å². The number of halogens is 3. The highest BCUT2D eigenvalue weighted by molar-refractivity contribution is 9.09. The van der Waals surface area contributed by atoms with Gasteiger partial charge in [-0.3, -0.25) is 0 Å². The maximum absolute atomic E-state index is 13.2. The summed E-state index contributed by atoms with van der Waals surface area (Å²) in [7, 11) is 1.67. The molecule has 2 rings (SSSR count). The number of ether oxygens (including phenoxy) is 1. The van der Waals surface area contributed by atoms with E-state index >= 15 is 0 Å². The lowest BCUT2D eigenvalue weighted by molar-refractivity contribution is 0.408. The molecular weight excluding hydrogens is 343 g/mol. The van der Waals surface area contributed by atoms with Crippen molar-refractivity contribution in [2.45, 2.75) is 18.7 Å². The van der Waals surface area contributed by atoms with Gasteiger partial charge < -0.3 is 4.74 Å². The van der Waals surface area contributed by atoms with E-state index in [1.54, 1.807) is 19.2 Å². The fourth-order valence-electron chi connectivity index (χ4n) is 2.31. The van der Waals surface area contributed by atoms with Crippen molar-refractivity contribution in [1.82, 2.24) is 0 Å². The summed E-state index contributed by atoms with van der Waals surface area (Å²) in [6.45, 7) is 4.01. The molecule has 1 unspecified atom stereocenters. The number of rotatable bonds is 3. The summed E-state index contributed by atoms with van der Waals surface area (Å²) in [5.41, 5.74) is 4.14. The molecule has 0 N–H and O–H groups in total. The van der Waals surface area contributed by atoms with Crippen LogP contribution in [0.15, 0.2) is 30.3 Å². The molecule has 0 amide bonds. The van der Waals surface area contributed by atoms with Crippen molar-refractivity contribution in [3.8, 4) is 5.75 Å². The van der Waals surface area contributed by atoms with Crippen LogP contribution in [0.2, 0.25) is 5.02 Å². The molecule has 1 atom stereocenters. The molecule has 2 aromatic carbocycles. The van der Waals surface area contributed by atoms with Crippen molar-refractivity contribution in [2.75, 3.05) is 7.11 Å². The molecule has 0 saturated carbocycles. The fourth-order valence-corrected chi connectivity index (χ4v) is 3.05. The summed E-state index contributed by atoms with van der Waals surface area (Å²) >= 11 is 9.49. The summed E-state index contributed by atoms with van der Waals surface area (Å²) in [6.07, 6.45) is 0. The first-order valence-electron chi connectivity index (χ1n) is 6.18. The smallest absolute Gasteiger partial charge is 0.141 e. The van der Waals surface area contributed by atoms with E-state index in [9.17, 15) is 4.39 Å². The van der Waals surface area contributed by atoms with Crippen molar-refractivity contribution >= 4 is 27.5 Å². The molecule has 0 radical (unpaired) electrons. The van der Waals surface area contributed by atoms with Crippen LogP contribution in [0.4, 0.5) is 4.39 Å². The van der Waals surface area contributed by atoms with E-state index in [1.165, 1.54) is 6.07 Å². The van der Waals surface area contributed by atoms with Gasteiger partial charge in [0.25, 0.3) is 0 Å². The SMILES string of the molecule is COc1c(C)cc(C(Br)c2ccc(F)c(Cl)c2)cc1C. The summed E-state index contributed by atoms with van der Waals surface area (Å²) in [6, 6.07) is 8.88. The van der Waals surface area contributed by atoms with Crippen LogP contribution in [-0.4, -0.2) is 7.11 Å². The van der Waals surface area contributed by atoms with Crippen molar-refractivity contribution in [1.29, 1.82) is 0 Å². The van der Waals surface area contributed by atoms with Crippen LogP contribution in [0, 0.1) is 19.7 Å². The lowest BCUT2D eigenvalue weighted by atomic mass is 9.99. The van der Waals surface area contributed by atoms with Crippen LogP contribution >= 0.6 is 27.5 Å². The molecule has 0 aliphatic carbocycles. The maximum atomic E-state index is 13.2. The average Bonchev–Trinajstić information content (AvgIpc) is 2.40. The van der Waals surface area contributed by atoms with Gasteiger partial charge in [0.05, 0.1) is 17.0 Å². The number of benzene rings is 2. The first kappa shape index (κ1) is 15.3. The lowest BCUT2D eigenvalue weighted by Gasteiger charge is -2.16. The summed E-state index contributed by atoms with van der Waals surface area (Å²) in [4.78, 5) is -0.0380. The minimum absolute atomic E-state index is 0.0380. The Kier molecular flexibility index (Phi) is 4.71. The van der Waals surface area contributed by atoms with Crippen LogP contribution in [0.25, 0.3) is 0 Å². The van der Waals surface area contributed by atoms with Gasteiger partial charge in [0.15, 0.2) is 0 Å². The Hall–Kier alpha value is -1.06. The second-order valence-electron chi connectivity index (χ2n) is 4.72. The molecule has 0 saturated heterocycles. The Balaban J connectivity index is 2.42. The number of alkyl halides is 1. The van der Waals surface area contributed by atoms with Crippen molar-refractivity contribution < 1.29 is 9.13 Å². The molecule has 0 fully saturated rings. The molecule has 0 bridgehead atoms. The van der Waals surface area contributed by atoms with Crippen LogP contribution in [0.5, 0.6) is 5.75 Å². The van der Waals surface area contributed by atoms with Crippen molar-refractivity contribution in [3.63, 3.8) is 0 Å². The molecule has 0 aromatic heterocycles. The maximum Gasteiger partial charge on any atom is 0.141 e. The number of hydrogen-bond acceptors (Lipinski definition) is 1. The van der Waals surface area contributed by atoms with Gasteiger partial charge in [0.1, 0.15) is 11.6 Å². The predicted molar refractivity (Wildman–Crippen MR) is 84.6 cm³/mol. The van der Waals surface area contributed by atoms with E-state index in [1.807, 2.05) is 13.8 Å². The Morgan fingerprint density at radius 3 is 2.20 bits per heavy atom. The Morgan fingerprint density at radius 1 is 1.10 bits per heavy atom. The molecule has 0 spiro atoms. The van der Waals surface area contributed by atoms with Gasteiger partial charge in [-0.2, -0.15) is 0 Å². The van der Waals surface area contributed by atoms with Crippen molar-refractivity contribution in [3.05, 3.63) is 63.4 Å². The standard InChI is InChI=1S/C16H15BrClFO/c1-9-6-12(7-10(2)16(9)20-3)15(17)11-4-5-14(19)13(18)8-11/h4-8,15H,1-3H3. The van der Waals surface area contributed by atoms with Gasteiger partial charge >= 0.3 is 0 Å². The van der Waals surface area contributed by atoms with E-state index in [-0.39, 0.29) is 9.85 Å². The van der Waals surface area contributed by atoms with Crippen LogP contribution < -0.4 is 4.74 Å². The number of methoxy groups -OCH3 is 1. The molecule has 0 aliphatic heterocycles. The third-order valence-electron chi connectivity index (χ3n) is 3.22. The van der Waals surface area contributed by atoms with Crippen LogP contribution in [0.1, 0.15) is 27.1 Å². The highest BCUT2D eigenvalue weighted by Gasteiger charge is 2.15. The minimum atomic E-state index is -0.405. The summed E-state index contributed by atoms with van der Waals surface area (Å²) < 4.78 is 18.6. The molecule has 1 nitrogen and oxygen atoms in total. The molecule has 106 valence electrons. The van der Waals surface area contributed by atoms with Crippen LogP contribution in [-0.2, 0) is 0 Å². The molecule has 4 heteroatoms. The van der Waals surface area contributed by atoms with E-state index in [2.05, 4.69) is 28.1 Å². The first-order valence-corrected chi connectivity index (χ1v) is 7.47. The van der Waals surface area contributed by atoms with E-state index in [4.69, 9.17) is 16.3 Å². The second-order valence-corrected chi connectivity index (χ2v) is 6.05.